The topological polar surface area (TPSA) is 128 Å². The number of ether oxygens (including phenoxy) is 2. The van der Waals surface area contributed by atoms with Crippen LogP contribution in [0, 0.1) is 11.8 Å². The van der Waals surface area contributed by atoms with Gasteiger partial charge < -0.3 is 25.0 Å². The van der Waals surface area contributed by atoms with Gasteiger partial charge in [-0.25, -0.2) is 9.79 Å². The van der Waals surface area contributed by atoms with E-state index >= 15 is 0 Å². The first-order chi connectivity index (χ1) is 24.9. The number of allylic oxidation sites excluding steroid dienone is 2. The van der Waals surface area contributed by atoms with Crippen molar-refractivity contribution in [3.63, 3.8) is 0 Å². The maximum atomic E-state index is 13.2. The van der Waals surface area contributed by atoms with Crippen molar-refractivity contribution in [1.82, 2.24) is 25.9 Å². The number of urea groups is 1. The number of likely N-dealkylation sites (tertiary alicyclic amines) is 1. The van der Waals surface area contributed by atoms with Gasteiger partial charge in [-0.15, -0.1) is 6.58 Å². The smallest absolute Gasteiger partial charge is 0.320 e. The van der Waals surface area contributed by atoms with Gasteiger partial charge in [0.2, 0.25) is 0 Å². The fourth-order valence-corrected chi connectivity index (χ4v) is 6.99. The van der Waals surface area contributed by atoms with Gasteiger partial charge >= 0.3 is 6.03 Å². The Labute approximate surface area is 312 Å². The number of piperidine rings is 1. The van der Waals surface area contributed by atoms with E-state index in [2.05, 4.69) is 50.4 Å². The van der Waals surface area contributed by atoms with Crippen molar-refractivity contribution in [2.45, 2.75) is 103 Å². The molecule has 0 aromatic heterocycles. The fraction of sp³-hybridized carbons (Fsp3) is 0.625. The molecule has 0 radical (unpaired) electrons. The molecule has 3 atom stereocenters. The summed E-state index contributed by atoms with van der Waals surface area (Å²) in [5.74, 6) is 3.03. The predicted octanol–water partition coefficient (Wildman–Crippen LogP) is 7.02. The zero-order valence-corrected chi connectivity index (χ0v) is 32.7. The van der Waals surface area contributed by atoms with Gasteiger partial charge in [-0.2, -0.15) is 5.11 Å². The molecule has 3 N–H and O–H groups in total. The minimum atomic E-state index is -0.447. The molecule has 12 nitrogen and oxygen atoms in total. The average Bonchev–Trinajstić information content (AvgIpc) is 3.30. The van der Waals surface area contributed by atoms with Crippen molar-refractivity contribution in [2.75, 3.05) is 47.4 Å². The van der Waals surface area contributed by atoms with Crippen LogP contribution in [0.15, 0.2) is 69.9 Å². The molecule has 12 heteroatoms. The van der Waals surface area contributed by atoms with Gasteiger partial charge in [0, 0.05) is 43.9 Å². The summed E-state index contributed by atoms with van der Waals surface area (Å²) in [5.41, 5.74) is 1.06. The highest BCUT2D eigenvalue weighted by Crippen LogP contribution is 2.31. The second kappa shape index (κ2) is 19.6. The zero-order valence-electron chi connectivity index (χ0n) is 32.7. The largest absolute Gasteiger partial charge is 0.497 e. The van der Waals surface area contributed by atoms with Crippen molar-refractivity contribution in [3.8, 4) is 11.5 Å². The Morgan fingerprint density at radius 3 is 2.35 bits per heavy atom. The van der Waals surface area contributed by atoms with E-state index in [9.17, 15) is 4.79 Å². The van der Waals surface area contributed by atoms with Crippen LogP contribution >= 0.6 is 0 Å². The van der Waals surface area contributed by atoms with Crippen molar-refractivity contribution in [1.29, 1.82) is 0 Å². The number of nitrogens with zero attached hydrogens (tertiary/aromatic N) is 6. The summed E-state index contributed by atoms with van der Waals surface area (Å²) in [5, 5.41) is 20.6. The molecule has 1 saturated heterocycles. The quantitative estimate of drug-likeness (QED) is 0.0662. The highest BCUT2D eigenvalue weighted by atomic mass is 16.5. The monoisotopic (exact) mass is 718 g/mol. The lowest BCUT2D eigenvalue weighted by Crippen LogP contribution is -2.48. The summed E-state index contributed by atoms with van der Waals surface area (Å²) in [6.07, 6.45) is 15.0. The maximum Gasteiger partial charge on any atom is 0.320 e. The molecule has 1 aromatic rings. The Kier molecular flexibility index (Phi) is 15.3. The number of rotatable bonds is 13. The van der Waals surface area contributed by atoms with Crippen LogP contribution in [0.1, 0.15) is 84.6 Å². The number of carbonyl (C=O) groups excluding carboxylic acids is 1. The van der Waals surface area contributed by atoms with Gasteiger partial charge in [-0.1, -0.05) is 43.2 Å². The lowest BCUT2D eigenvalue weighted by molar-refractivity contribution is 0.105. The first-order valence-corrected chi connectivity index (χ1v) is 18.9. The molecule has 3 unspecified atom stereocenters. The van der Waals surface area contributed by atoms with E-state index in [1.165, 1.54) is 38.6 Å². The summed E-state index contributed by atoms with van der Waals surface area (Å²) in [4.78, 5) is 25.7. The number of amidine groups is 2. The van der Waals surface area contributed by atoms with Gasteiger partial charge in [-0.3, -0.25) is 15.3 Å². The molecule has 1 aliphatic carbocycles. The molecule has 2 fully saturated rings. The minimum absolute atomic E-state index is 0.0770. The number of hydrogen-bond acceptors (Lipinski definition) is 8. The molecule has 2 aliphatic heterocycles. The first-order valence-electron chi connectivity index (χ1n) is 18.9. The van der Waals surface area contributed by atoms with Crippen LogP contribution in [0.5, 0.6) is 11.5 Å². The Morgan fingerprint density at radius 1 is 1.08 bits per heavy atom. The number of methoxy groups -OCH3 is 2. The van der Waals surface area contributed by atoms with E-state index in [-0.39, 0.29) is 18.0 Å². The normalized spacial score (nSPS) is 21.7. The van der Waals surface area contributed by atoms with E-state index in [0.29, 0.717) is 42.2 Å². The van der Waals surface area contributed by atoms with Crippen molar-refractivity contribution < 1.29 is 14.3 Å². The van der Waals surface area contributed by atoms with E-state index in [1.807, 2.05) is 58.0 Å². The molecule has 2 amide bonds. The fourth-order valence-electron chi connectivity index (χ4n) is 6.99. The molecule has 0 bridgehead atoms. The van der Waals surface area contributed by atoms with E-state index in [4.69, 9.17) is 19.5 Å². The molecular formula is C40H63N9O3. The summed E-state index contributed by atoms with van der Waals surface area (Å²) in [6, 6.07) is 5.51. The Hall–Kier alpha value is -4.19. The number of amides is 2. The molecule has 0 spiro atoms. The second-order valence-electron chi connectivity index (χ2n) is 15.4. The maximum absolute atomic E-state index is 13.2. The van der Waals surface area contributed by atoms with E-state index in [0.717, 1.165) is 43.0 Å². The standard InChI is InChI=1S/C40H63N9O3/c1-10-29-21-35(31-23-33(51-8)25-34(24-31)52-9)38(44-39(50)45-40(4,5)6)43-37(22-29)42-36(11-2)41-26-28(3)46-47-48(7)32-17-19-49(20-18-32)27-30-15-13-12-14-16-30/h10-11,21,23-25,28-30,32,37H,1-2,12-20,22,26-27H2,3-9H3,(H,41,42)(H2,43,44,45,50). The third kappa shape index (κ3) is 12.8. The number of carbonyl (C=O) groups is 1. The molecule has 1 aromatic carbocycles. The van der Waals surface area contributed by atoms with Gasteiger partial charge in [0.05, 0.1) is 32.8 Å². The molecule has 1 saturated carbocycles. The molecule has 286 valence electrons. The van der Waals surface area contributed by atoms with Gasteiger partial charge in [0.15, 0.2) is 0 Å². The third-order valence-corrected chi connectivity index (χ3v) is 9.85. The zero-order chi connectivity index (χ0) is 37.7. The number of hydrogen-bond donors (Lipinski definition) is 3. The summed E-state index contributed by atoms with van der Waals surface area (Å²) in [6.45, 7) is 19.8. The van der Waals surface area contributed by atoms with E-state index < -0.39 is 11.7 Å². The van der Waals surface area contributed by atoms with E-state index in [1.54, 1.807) is 26.4 Å². The van der Waals surface area contributed by atoms with Crippen LogP contribution in [0.25, 0.3) is 5.57 Å². The summed E-state index contributed by atoms with van der Waals surface area (Å²) < 4.78 is 11.1. The van der Waals surface area contributed by atoms with Crippen LogP contribution in [-0.4, -0.2) is 98.8 Å². The Morgan fingerprint density at radius 2 is 1.75 bits per heavy atom. The molecule has 4 rings (SSSR count). The third-order valence-electron chi connectivity index (χ3n) is 9.85. The highest BCUT2D eigenvalue weighted by Gasteiger charge is 2.27. The van der Waals surface area contributed by atoms with Crippen LogP contribution in [0.3, 0.4) is 0 Å². The Bertz CT molecular complexity index is 1440. The van der Waals surface area contributed by atoms with Gasteiger partial charge in [0.25, 0.3) is 0 Å². The summed E-state index contributed by atoms with van der Waals surface area (Å²) >= 11 is 0. The van der Waals surface area contributed by atoms with Crippen LogP contribution < -0.4 is 25.4 Å². The van der Waals surface area contributed by atoms with Crippen LogP contribution in [-0.2, 0) is 0 Å². The molecule has 52 heavy (non-hydrogen) atoms. The molecule has 2 heterocycles. The predicted molar refractivity (Wildman–Crippen MR) is 212 cm³/mol. The Balaban J connectivity index is 1.43. The van der Waals surface area contributed by atoms with Crippen molar-refractivity contribution >= 4 is 23.3 Å². The number of benzene rings is 1. The van der Waals surface area contributed by atoms with Crippen molar-refractivity contribution in [2.24, 2.45) is 32.2 Å². The highest BCUT2D eigenvalue weighted by molar-refractivity contribution is 6.27. The number of nitrogens with one attached hydrogen (secondary N) is 3. The molecule has 3 aliphatic rings. The summed E-state index contributed by atoms with van der Waals surface area (Å²) in [7, 11) is 5.25. The molecular weight excluding hydrogens is 654 g/mol. The minimum Gasteiger partial charge on any atom is -0.497 e. The average molecular weight is 718 g/mol. The lowest BCUT2D eigenvalue weighted by Gasteiger charge is -2.37. The number of aliphatic imine (C=N–C) groups is 2. The van der Waals surface area contributed by atoms with Crippen LogP contribution in [0.2, 0.25) is 0 Å². The van der Waals surface area contributed by atoms with Gasteiger partial charge in [0.1, 0.15) is 29.3 Å². The second-order valence-corrected chi connectivity index (χ2v) is 15.4. The lowest BCUT2D eigenvalue weighted by atomic mass is 9.88. The first kappa shape index (κ1) is 40.6. The van der Waals surface area contributed by atoms with Gasteiger partial charge in [-0.05, 0) is 95.4 Å². The van der Waals surface area contributed by atoms with Crippen molar-refractivity contribution in [3.05, 3.63) is 55.1 Å². The SMILES string of the molecule is C=CC(=NCC(C)N=NN(C)C1CCN(CC2CCCCC2)CC1)NC1CC(C=C)C=C(c2cc(OC)cc(OC)c2)C(NC(=O)NC(C)(C)C)=N1. The van der Waals surface area contributed by atoms with Crippen LogP contribution in [0.4, 0.5) is 4.79 Å².